The fourth-order valence-corrected chi connectivity index (χ4v) is 3.90. The van der Waals surface area contributed by atoms with E-state index in [1.54, 1.807) is 28.2 Å². The summed E-state index contributed by atoms with van der Waals surface area (Å²) in [5.74, 6) is 0.552. The quantitative estimate of drug-likeness (QED) is 0.728. The molecule has 1 N–H and O–H groups in total. The van der Waals surface area contributed by atoms with E-state index in [0.717, 1.165) is 22.4 Å². The molecule has 0 radical (unpaired) electrons. The number of cyclic esters (lactones) is 1. The number of pyridine rings is 1. The van der Waals surface area contributed by atoms with Gasteiger partial charge >= 0.3 is 6.09 Å². The second-order valence-electron chi connectivity index (χ2n) is 7.10. The van der Waals surface area contributed by atoms with E-state index in [4.69, 9.17) is 4.74 Å². The van der Waals surface area contributed by atoms with Crippen molar-refractivity contribution in [2.75, 3.05) is 11.4 Å². The Bertz CT molecular complexity index is 1080. The average molecular weight is 390 g/mol. The van der Waals surface area contributed by atoms with E-state index < -0.39 is 0 Å². The van der Waals surface area contributed by atoms with Crippen LogP contribution in [-0.2, 0) is 16.0 Å². The average Bonchev–Trinajstić information content (AvgIpc) is 3.44. The highest BCUT2D eigenvalue weighted by Gasteiger charge is 2.47. The number of ether oxygens (including phenoxy) is 1. The molecule has 5 rings (SSSR count). The predicted octanol–water partition coefficient (Wildman–Crippen LogP) is 1.72. The van der Waals surface area contributed by atoms with Crippen LogP contribution in [0.3, 0.4) is 0 Å². The zero-order valence-electron chi connectivity index (χ0n) is 15.6. The highest BCUT2D eigenvalue weighted by atomic mass is 16.6. The van der Waals surface area contributed by atoms with Gasteiger partial charge < -0.3 is 10.1 Å². The monoisotopic (exact) mass is 390 g/mol. The molecule has 2 amide bonds. The lowest BCUT2D eigenvalue weighted by Crippen LogP contribution is -2.40. The minimum absolute atomic E-state index is 0.104. The molecular formula is C20H18N6O3. The lowest BCUT2D eigenvalue weighted by atomic mass is 10.0. The maximum atomic E-state index is 12.3. The van der Waals surface area contributed by atoms with Gasteiger partial charge in [0.25, 0.3) is 0 Å². The Labute approximate surface area is 166 Å². The number of fused-ring (bicyclic) bond motifs is 3. The fraction of sp³-hybridized carbons (Fsp3) is 0.250. The standard InChI is InChI=1S/C20H18N6O3/c1-12(27)21-11-18-17-9-15-8-13(2-4-16(15)26(17)20(28)29-18)14-3-5-19(22-10-14)25-7-6-23-24-25/h2-8,10,17-18H,9,11H2,1H3,(H,21,27)/t17-,18?/m0/s1. The number of nitrogens with one attached hydrogen (secondary N) is 1. The van der Waals surface area contributed by atoms with E-state index in [0.29, 0.717) is 18.8 Å². The van der Waals surface area contributed by atoms with Crippen LogP contribution in [-0.4, -0.2) is 50.7 Å². The summed E-state index contributed by atoms with van der Waals surface area (Å²) in [4.78, 5) is 29.7. The zero-order chi connectivity index (χ0) is 20.0. The molecule has 2 aliphatic heterocycles. The van der Waals surface area contributed by atoms with Crippen LogP contribution >= 0.6 is 0 Å². The Kier molecular flexibility index (Phi) is 4.01. The van der Waals surface area contributed by atoms with E-state index >= 15 is 0 Å². The van der Waals surface area contributed by atoms with Crippen molar-refractivity contribution in [3.8, 4) is 16.9 Å². The van der Waals surface area contributed by atoms with Crippen molar-refractivity contribution in [3.05, 3.63) is 54.5 Å². The molecule has 29 heavy (non-hydrogen) atoms. The molecule has 0 aliphatic carbocycles. The third kappa shape index (κ3) is 3.00. The molecular weight excluding hydrogens is 372 g/mol. The number of hydrogen-bond acceptors (Lipinski definition) is 6. The van der Waals surface area contributed by atoms with E-state index in [-0.39, 0.29) is 24.1 Å². The second kappa shape index (κ2) is 6.69. The van der Waals surface area contributed by atoms with Crippen LogP contribution in [0, 0.1) is 0 Å². The summed E-state index contributed by atoms with van der Waals surface area (Å²) < 4.78 is 7.05. The lowest BCUT2D eigenvalue weighted by molar-refractivity contribution is -0.119. The van der Waals surface area contributed by atoms with Crippen LogP contribution in [0.25, 0.3) is 16.9 Å². The summed E-state index contributed by atoms with van der Waals surface area (Å²) in [7, 11) is 0. The molecule has 9 heteroatoms. The number of nitrogens with zero attached hydrogens (tertiary/aromatic N) is 5. The van der Waals surface area contributed by atoms with Crippen molar-refractivity contribution in [2.45, 2.75) is 25.5 Å². The van der Waals surface area contributed by atoms with Crippen LogP contribution in [0.2, 0.25) is 0 Å². The van der Waals surface area contributed by atoms with Gasteiger partial charge in [-0.15, -0.1) is 5.10 Å². The first-order chi connectivity index (χ1) is 14.1. The summed E-state index contributed by atoms with van der Waals surface area (Å²) in [6, 6.07) is 9.77. The Balaban J connectivity index is 1.39. The van der Waals surface area contributed by atoms with Gasteiger partial charge in [-0.2, -0.15) is 0 Å². The zero-order valence-corrected chi connectivity index (χ0v) is 15.6. The first kappa shape index (κ1) is 17.4. The maximum absolute atomic E-state index is 12.3. The highest BCUT2D eigenvalue weighted by molar-refractivity contribution is 5.94. The summed E-state index contributed by atoms with van der Waals surface area (Å²) in [5, 5.41) is 10.5. The van der Waals surface area contributed by atoms with Crippen LogP contribution in [0.1, 0.15) is 12.5 Å². The van der Waals surface area contributed by atoms with Crippen LogP contribution in [0.15, 0.2) is 48.9 Å². The molecule has 1 unspecified atom stereocenters. The molecule has 4 heterocycles. The lowest BCUT2D eigenvalue weighted by Gasteiger charge is -2.16. The second-order valence-corrected chi connectivity index (χ2v) is 7.10. The van der Waals surface area contributed by atoms with Crippen molar-refractivity contribution < 1.29 is 14.3 Å². The van der Waals surface area contributed by atoms with Crippen molar-refractivity contribution in [1.29, 1.82) is 0 Å². The van der Waals surface area contributed by atoms with E-state index in [1.165, 1.54) is 6.92 Å². The Morgan fingerprint density at radius 3 is 2.86 bits per heavy atom. The number of carbonyl (C=O) groups is 2. The van der Waals surface area contributed by atoms with Gasteiger partial charge in [0.1, 0.15) is 6.10 Å². The number of carbonyl (C=O) groups excluding carboxylic acids is 2. The van der Waals surface area contributed by atoms with Gasteiger partial charge in [-0.05, 0) is 41.8 Å². The van der Waals surface area contributed by atoms with Gasteiger partial charge in [-0.1, -0.05) is 11.3 Å². The van der Waals surface area contributed by atoms with E-state index in [1.807, 2.05) is 24.3 Å². The van der Waals surface area contributed by atoms with Gasteiger partial charge in [0, 0.05) is 18.7 Å². The minimum Gasteiger partial charge on any atom is -0.442 e. The van der Waals surface area contributed by atoms with Crippen molar-refractivity contribution in [3.63, 3.8) is 0 Å². The molecule has 146 valence electrons. The summed E-state index contributed by atoms with van der Waals surface area (Å²) >= 11 is 0. The minimum atomic E-state index is -0.365. The molecule has 0 bridgehead atoms. The van der Waals surface area contributed by atoms with E-state index in [2.05, 4.69) is 26.7 Å². The van der Waals surface area contributed by atoms with Crippen LogP contribution in [0.4, 0.5) is 10.5 Å². The smallest absolute Gasteiger partial charge is 0.415 e. The molecule has 2 aromatic heterocycles. The molecule has 1 aromatic carbocycles. The molecule has 1 fully saturated rings. The molecule has 2 aliphatic rings. The Morgan fingerprint density at radius 1 is 1.28 bits per heavy atom. The van der Waals surface area contributed by atoms with Gasteiger partial charge in [-0.3, -0.25) is 9.69 Å². The Morgan fingerprint density at radius 2 is 2.14 bits per heavy atom. The number of aromatic nitrogens is 4. The molecule has 2 atom stereocenters. The molecule has 0 spiro atoms. The summed E-state index contributed by atoms with van der Waals surface area (Å²) in [6.07, 6.45) is 5.10. The number of rotatable bonds is 4. The third-order valence-electron chi connectivity index (χ3n) is 5.27. The summed E-state index contributed by atoms with van der Waals surface area (Å²) in [5.41, 5.74) is 3.94. The molecule has 0 saturated carbocycles. The van der Waals surface area contributed by atoms with Crippen molar-refractivity contribution >= 4 is 17.7 Å². The number of amides is 2. The van der Waals surface area contributed by atoms with Gasteiger partial charge in [0.2, 0.25) is 5.91 Å². The first-order valence-corrected chi connectivity index (χ1v) is 9.30. The largest absolute Gasteiger partial charge is 0.442 e. The van der Waals surface area contributed by atoms with Gasteiger partial charge in [0.05, 0.1) is 30.7 Å². The predicted molar refractivity (Wildman–Crippen MR) is 104 cm³/mol. The van der Waals surface area contributed by atoms with Gasteiger partial charge in [-0.25, -0.2) is 14.5 Å². The Hall–Kier alpha value is -3.75. The fourth-order valence-electron chi connectivity index (χ4n) is 3.90. The van der Waals surface area contributed by atoms with Crippen LogP contribution in [0.5, 0.6) is 0 Å². The number of benzene rings is 1. The first-order valence-electron chi connectivity index (χ1n) is 9.30. The highest BCUT2D eigenvalue weighted by Crippen LogP contribution is 2.40. The van der Waals surface area contributed by atoms with E-state index in [9.17, 15) is 9.59 Å². The molecule has 3 aromatic rings. The van der Waals surface area contributed by atoms with Crippen molar-refractivity contribution in [2.24, 2.45) is 0 Å². The SMILES string of the molecule is CC(=O)NCC1OC(=O)N2c3ccc(-c4ccc(-n5ccnn5)nc4)cc3C[C@@H]12. The molecule has 9 nitrogen and oxygen atoms in total. The topological polar surface area (TPSA) is 102 Å². The summed E-state index contributed by atoms with van der Waals surface area (Å²) in [6.45, 7) is 1.77. The normalized spacial score (nSPS) is 19.6. The maximum Gasteiger partial charge on any atom is 0.415 e. The van der Waals surface area contributed by atoms with Crippen molar-refractivity contribution in [1.82, 2.24) is 25.3 Å². The third-order valence-corrected chi connectivity index (χ3v) is 5.27. The number of anilines is 1. The van der Waals surface area contributed by atoms with Gasteiger partial charge in [0.15, 0.2) is 5.82 Å². The van der Waals surface area contributed by atoms with Crippen LogP contribution < -0.4 is 10.2 Å². The number of hydrogen-bond donors (Lipinski definition) is 1. The molecule has 1 saturated heterocycles.